The Morgan fingerprint density at radius 1 is 1.44 bits per heavy atom. The van der Waals surface area contributed by atoms with Crippen LogP contribution in [0.1, 0.15) is 19.3 Å². The molecule has 1 amide bonds. The normalized spacial score (nSPS) is 16.0. The minimum absolute atomic E-state index is 0.116. The number of carbonyl (C=O) groups excluding carboxylic acids is 1. The lowest BCUT2D eigenvalue weighted by Gasteiger charge is -2.23. The molecule has 1 aromatic carbocycles. The summed E-state index contributed by atoms with van der Waals surface area (Å²) in [6.07, 6.45) is 4.59. The monoisotopic (exact) mass is 216 g/mol. The van der Waals surface area contributed by atoms with Gasteiger partial charge >= 0.3 is 0 Å². The number of hydrogen-bond acceptors (Lipinski definition) is 3. The molecule has 4 heteroatoms. The minimum Gasteiger partial charge on any atom is -0.443 e. The Morgan fingerprint density at radius 2 is 2.31 bits per heavy atom. The molecule has 1 saturated carbocycles. The van der Waals surface area contributed by atoms with Crippen LogP contribution in [0, 0.1) is 5.92 Å². The van der Waals surface area contributed by atoms with Crippen molar-refractivity contribution in [1.82, 2.24) is 4.98 Å². The number of oxazole rings is 1. The minimum atomic E-state index is 0.116. The van der Waals surface area contributed by atoms with Crippen LogP contribution in [0.25, 0.3) is 11.1 Å². The number of carbonyl (C=O) groups is 1. The van der Waals surface area contributed by atoms with Crippen LogP contribution in [0.15, 0.2) is 29.0 Å². The number of amides is 1. The van der Waals surface area contributed by atoms with Gasteiger partial charge in [0, 0.05) is 17.7 Å². The Kier molecular flexibility index (Phi) is 2.13. The first-order valence-corrected chi connectivity index (χ1v) is 5.47. The molecule has 0 aliphatic heterocycles. The SMILES string of the molecule is O=C(Nc1ccc2ncoc2c1)C1CCC1. The zero-order chi connectivity index (χ0) is 11.0. The standard InChI is InChI=1S/C12H12N2O2/c15-12(8-2-1-3-8)14-9-4-5-10-11(6-9)16-7-13-10/h4-8H,1-3H2,(H,14,15). The number of fused-ring (bicyclic) bond motifs is 1. The molecule has 2 aromatic rings. The maximum Gasteiger partial charge on any atom is 0.227 e. The second kappa shape index (κ2) is 3.63. The molecular formula is C12H12N2O2. The van der Waals surface area contributed by atoms with E-state index < -0.39 is 0 Å². The second-order valence-electron chi connectivity index (χ2n) is 4.15. The van der Waals surface area contributed by atoms with Crippen molar-refractivity contribution in [3.05, 3.63) is 24.6 Å². The summed E-state index contributed by atoms with van der Waals surface area (Å²) in [5.41, 5.74) is 2.29. The van der Waals surface area contributed by atoms with E-state index in [4.69, 9.17) is 4.42 Å². The molecule has 1 heterocycles. The molecule has 3 rings (SSSR count). The quantitative estimate of drug-likeness (QED) is 0.839. The van der Waals surface area contributed by atoms with E-state index in [1.807, 2.05) is 12.1 Å². The lowest BCUT2D eigenvalue weighted by Crippen LogP contribution is -2.27. The Balaban J connectivity index is 1.80. The van der Waals surface area contributed by atoms with Gasteiger partial charge in [-0.1, -0.05) is 6.42 Å². The van der Waals surface area contributed by atoms with Gasteiger partial charge in [0.05, 0.1) is 0 Å². The van der Waals surface area contributed by atoms with Crippen LogP contribution in [0.4, 0.5) is 5.69 Å². The summed E-state index contributed by atoms with van der Waals surface area (Å²) in [6, 6.07) is 5.50. The number of aromatic nitrogens is 1. The van der Waals surface area contributed by atoms with Gasteiger partial charge in [-0.15, -0.1) is 0 Å². The predicted molar refractivity (Wildman–Crippen MR) is 60.0 cm³/mol. The maximum atomic E-state index is 11.7. The summed E-state index contributed by atoms with van der Waals surface area (Å²) >= 11 is 0. The molecular weight excluding hydrogens is 204 g/mol. The fourth-order valence-corrected chi connectivity index (χ4v) is 1.85. The van der Waals surface area contributed by atoms with Gasteiger partial charge in [-0.2, -0.15) is 0 Å². The average Bonchev–Trinajstić information content (AvgIpc) is 2.61. The van der Waals surface area contributed by atoms with Crippen molar-refractivity contribution in [2.45, 2.75) is 19.3 Å². The van der Waals surface area contributed by atoms with E-state index >= 15 is 0 Å². The Morgan fingerprint density at radius 3 is 3.06 bits per heavy atom. The van der Waals surface area contributed by atoms with E-state index in [2.05, 4.69) is 10.3 Å². The lowest BCUT2D eigenvalue weighted by molar-refractivity contribution is -0.122. The van der Waals surface area contributed by atoms with Crippen molar-refractivity contribution < 1.29 is 9.21 Å². The van der Waals surface area contributed by atoms with Crippen molar-refractivity contribution in [2.75, 3.05) is 5.32 Å². The lowest BCUT2D eigenvalue weighted by atomic mass is 9.85. The highest BCUT2D eigenvalue weighted by Crippen LogP contribution is 2.28. The third-order valence-corrected chi connectivity index (χ3v) is 3.07. The average molecular weight is 216 g/mol. The molecule has 16 heavy (non-hydrogen) atoms. The molecule has 1 fully saturated rings. The van der Waals surface area contributed by atoms with Crippen LogP contribution in [0.5, 0.6) is 0 Å². The molecule has 0 atom stereocenters. The summed E-state index contributed by atoms with van der Waals surface area (Å²) in [7, 11) is 0. The first kappa shape index (κ1) is 9.39. The number of nitrogens with zero attached hydrogens (tertiary/aromatic N) is 1. The number of benzene rings is 1. The summed E-state index contributed by atoms with van der Waals surface area (Å²) < 4.78 is 5.18. The van der Waals surface area contributed by atoms with E-state index in [0.717, 1.165) is 24.0 Å². The molecule has 82 valence electrons. The van der Waals surface area contributed by atoms with Gasteiger partial charge in [0.25, 0.3) is 0 Å². The van der Waals surface area contributed by atoms with Crippen molar-refractivity contribution >= 4 is 22.7 Å². The highest BCUT2D eigenvalue weighted by Gasteiger charge is 2.25. The zero-order valence-corrected chi connectivity index (χ0v) is 8.77. The third-order valence-electron chi connectivity index (χ3n) is 3.07. The highest BCUT2D eigenvalue weighted by molar-refractivity contribution is 5.94. The molecule has 0 spiro atoms. The van der Waals surface area contributed by atoms with Crippen molar-refractivity contribution in [1.29, 1.82) is 0 Å². The van der Waals surface area contributed by atoms with Crippen molar-refractivity contribution in [2.24, 2.45) is 5.92 Å². The van der Waals surface area contributed by atoms with E-state index in [1.165, 1.54) is 12.8 Å². The van der Waals surface area contributed by atoms with Gasteiger partial charge in [-0.3, -0.25) is 4.79 Å². The molecule has 0 radical (unpaired) electrons. The molecule has 1 aliphatic rings. The van der Waals surface area contributed by atoms with Gasteiger partial charge in [-0.05, 0) is 25.0 Å². The molecule has 1 aromatic heterocycles. The van der Waals surface area contributed by atoms with E-state index in [9.17, 15) is 4.79 Å². The fraction of sp³-hybridized carbons (Fsp3) is 0.333. The van der Waals surface area contributed by atoms with Crippen LogP contribution in [0.3, 0.4) is 0 Å². The van der Waals surface area contributed by atoms with Crippen molar-refractivity contribution in [3.63, 3.8) is 0 Å². The predicted octanol–water partition coefficient (Wildman–Crippen LogP) is 2.57. The van der Waals surface area contributed by atoms with Crippen LogP contribution in [-0.4, -0.2) is 10.9 Å². The summed E-state index contributed by atoms with van der Waals surface area (Å²) in [5.74, 6) is 0.315. The van der Waals surface area contributed by atoms with Gasteiger partial charge in [0.1, 0.15) is 5.52 Å². The van der Waals surface area contributed by atoms with Gasteiger partial charge in [-0.25, -0.2) is 4.98 Å². The molecule has 0 unspecified atom stereocenters. The van der Waals surface area contributed by atoms with Crippen LogP contribution in [0.2, 0.25) is 0 Å². The topological polar surface area (TPSA) is 55.1 Å². The molecule has 1 aliphatic carbocycles. The molecule has 1 N–H and O–H groups in total. The van der Waals surface area contributed by atoms with E-state index in [0.29, 0.717) is 5.58 Å². The largest absolute Gasteiger partial charge is 0.443 e. The van der Waals surface area contributed by atoms with Gasteiger partial charge < -0.3 is 9.73 Å². The maximum absolute atomic E-state index is 11.7. The molecule has 4 nitrogen and oxygen atoms in total. The number of hydrogen-bond donors (Lipinski definition) is 1. The summed E-state index contributed by atoms with van der Waals surface area (Å²) in [6.45, 7) is 0. The Bertz CT molecular complexity index is 529. The van der Waals surface area contributed by atoms with E-state index in [-0.39, 0.29) is 11.8 Å². The Labute approximate surface area is 92.7 Å². The first-order valence-electron chi connectivity index (χ1n) is 5.47. The van der Waals surface area contributed by atoms with E-state index in [1.54, 1.807) is 6.07 Å². The van der Waals surface area contributed by atoms with Crippen LogP contribution < -0.4 is 5.32 Å². The molecule has 0 saturated heterocycles. The van der Waals surface area contributed by atoms with Gasteiger partial charge in [0.2, 0.25) is 5.91 Å². The Hall–Kier alpha value is -1.84. The van der Waals surface area contributed by atoms with Crippen molar-refractivity contribution in [3.8, 4) is 0 Å². The summed E-state index contributed by atoms with van der Waals surface area (Å²) in [4.78, 5) is 15.7. The number of rotatable bonds is 2. The second-order valence-corrected chi connectivity index (χ2v) is 4.15. The summed E-state index contributed by atoms with van der Waals surface area (Å²) in [5, 5.41) is 2.90. The van der Waals surface area contributed by atoms with Crippen LogP contribution in [-0.2, 0) is 4.79 Å². The number of nitrogens with one attached hydrogen (secondary N) is 1. The number of anilines is 1. The first-order chi connectivity index (χ1) is 7.83. The van der Waals surface area contributed by atoms with Crippen LogP contribution >= 0.6 is 0 Å². The highest BCUT2D eigenvalue weighted by atomic mass is 16.3. The fourth-order valence-electron chi connectivity index (χ4n) is 1.85. The zero-order valence-electron chi connectivity index (χ0n) is 8.77. The van der Waals surface area contributed by atoms with Gasteiger partial charge in [0.15, 0.2) is 12.0 Å². The molecule has 0 bridgehead atoms. The smallest absolute Gasteiger partial charge is 0.227 e. The third kappa shape index (κ3) is 1.56.